The van der Waals surface area contributed by atoms with Gasteiger partial charge in [-0.25, -0.2) is 4.98 Å². The largest absolute Gasteiger partial charge is 0.368 e. The van der Waals surface area contributed by atoms with Crippen LogP contribution in [0.4, 0.5) is 11.8 Å². The van der Waals surface area contributed by atoms with Crippen molar-refractivity contribution >= 4 is 36.6 Å². The summed E-state index contributed by atoms with van der Waals surface area (Å²) in [6.45, 7) is 4.97. The average Bonchev–Trinajstić information content (AvgIpc) is 2.44. The quantitative estimate of drug-likeness (QED) is 0.768. The molecule has 3 rings (SSSR count). The van der Waals surface area contributed by atoms with E-state index in [9.17, 15) is 0 Å². The van der Waals surface area contributed by atoms with Crippen LogP contribution in [0.2, 0.25) is 0 Å². The minimum atomic E-state index is 0. The number of rotatable bonds is 4. The van der Waals surface area contributed by atoms with Crippen molar-refractivity contribution in [2.24, 2.45) is 5.73 Å². The third kappa shape index (κ3) is 4.72. The SMILES string of the molecule is Cc1ccc(CNc2cc(C3CC(N)C3)nc(N)n2)cc1C.Cl.Cl. The van der Waals surface area contributed by atoms with Gasteiger partial charge in [-0.15, -0.1) is 24.8 Å². The van der Waals surface area contributed by atoms with Gasteiger partial charge in [0, 0.05) is 24.6 Å². The fourth-order valence-electron chi connectivity index (χ4n) is 2.79. The number of aromatic nitrogens is 2. The van der Waals surface area contributed by atoms with E-state index in [2.05, 4.69) is 47.3 Å². The van der Waals surface area contributed by atoms with E-state index >= 15 is 0 Å². The van der Waals surface area contributed by atoms with Crippen LogP contribution >= 0.6 is 24.8 Å². The molecule has 7 heteroatoms. The summed E-state index contributed by atoms with van der Waals surface area (Å²) >= 11 is 0. The van der Waals surface area contributed by atoms with Crippen molar-refractivity contribution in [3.63, 3.8) is 0 Å². The van der Waals surface area contributed by atoms with Gasteiger partial charge in [-0.1, -0.05) is 18.2 Å². The number of nitrogens with two attached hydrogens (primary N) is 2. The molecule has 5 nitrogen and oxygen atoms in total. The zero-order valence-electron chi connectivity index (χ0n) is 14.0. The van der Waals surface area contributed by atoms with Crippen LogP contribution in [0.5, 0.6) is 0 Å². The molecule has 0 atom stereocenters. The molecule has 0 aliphatic heterocycles. The van der Waals surface area contributed by atoms with Crippen LogP contribution in [0.15, 0.2) is 24.3 Å². The predicted octanol–water partition coefficient (Wildman–Crippen LogP) is 3.34. The first-order chi connectivity index (χ1) is 10.5. The number of nitrogens with one attached hydrogen (secondary N) is 1. The van der Waals surface area contributed by atoms with Gasteiger partial charge in [-0.3, -0.25) is 0 Å². The molecule has 2 aromatic rings. The molecule has 1 fully saturated rings. The summed E-state index contributed by atoms with van der Waals surface area (Å²) < 4.78 is 0. The number of anilines is 2. The summed E-state index contributed by atoms with van der Waals surface area (Å²) in [6, 6.07) is 8.76. The fraction of sp³-hybridized carbons (Fsp3) is 0.412. The summed E-state index contributed by atoms with van der Waals surface area (Å²) in [5.74, 6) is 1.52. The molecule has 0 spiro atoms. The molecule has 0 radical (unpaired) electrons. The van der Waals surface area contributed by atoms with E-state index in [1.807, 2.05) is 6.07 Å². The third-order valence-electron chi connectivity index (χ3n) is 4.40. The van der Waals surface area contributed by atoms with Crippen LogP contribution in [0.1, 0.15) is 41.1 Å². The van der Waals surface area contributed by atoms with Gasteiger partial charge in [0.25, 0.3) is 0 Å². The van der Waals surface area contributed by atoms with Crippen molar-refractivity contribution in [2.45, 2.75) is 45.2 Å². The lowest BCUT2D eigenvalue weighted by Crippen LogP contribution is -2.35. The van der Waals surface area contributed by atoms with Gasteiger partial charge in [0.1, 0.15) is 5.82 Å². The van der Waals surface area contributed by atoms with Crippen molar-refractivity contribution in [1.29, 1.82) is 0 Å². The van der Waals surface area contributed by atoms with Gasteiger partial charge in [-0.2, -0.15) is 4.98 Å². The molecule has 0 bridgehead atoms. The molecule has 0 unspecified atom stereocenters. The molecule has 1 aliphatic rings. The fourth-order valence-corrected chi connectivity index (χ4v) is 2.79. The summed E-state index contributed by atoms with van der Waals surface area (Å²) in [4.78, 5) is 8.62. The maximum atomic E-state index is 5.85. The number of benzene rings is 1. The highest BCUT2D eigenvalue weighted by atomic mass is 35.5. The average molecular weight is 370 g/mol. The predicted molar refractivity (Wildman–Crippen MR) is 104 cm³/mol. The Labute approximate surface area is 155 Å². The highest BCUT2D eigenvalue weighted by Crippen LogP contribution is 2.35. The second-order valence-corrected chi connectivity index (χ2v) is 6.24. The van der Waals surface area contributed by atoms with E-state index in [0.717, 1.165) is 30.9 Å². The molecule has 1 aliphatic carbocycles. The van der Waals surface area contributed by atoms with Crippen LogP contribution in [0.3, 0.4) is 0 Å². The molecule has 1 heterocycles. The Morgan fingerprint density at radius 2 is 1.79 bits per heavy atom. The number of aryl methyl sites for hydroxylation is 2. The molecule has 24 heavy (non-hydrogen) atoms. The van der Waals surface area contributed by atoms with Gasteiger partial charge in [0.2, 0.25) is 5.95 Å². The topological polar surface area (TPSA) is 89.8 Å². The molecular formula is C17H25Cl2N5. The summed E-state index contributed by atoms with van der Waals surface area (Å²) in [6.07, 6.45) is 1.96. The minimum absolute atomic E-state index is 0. The van der Waals surface area contributed by atoms with E-state index < -0.39 is 0 Å². The molecule has 0 saturated heterocycles. The van der Waals surface area contributed by atoms with Crippen LogP contribution in [0, 0.1) is 13.8 Å². The lowest BCUT2D eigenvalue weighted by Gasteiger charge is -2.32. The normalized spacial score (nSPS) is 18.8. The maximum absolute atomic E-state index is 5.85. The van der Waals surface area contributed by atoms with Crippen LogP contribution in [-0.4, -0.2) is 16.0 Å². The van der Waals surface area contributed by atoms with Crippen molar-refractivity contribution in [2.75, 3.05) is 11.1 Å². The first-order valence-corrected chi connectivity index (χ1v) is 7.71. The Bertz CT molecular complexity index is 687. The standard InChI is InChI=1S/C17H23N5.2ClH/c1-10-3-4-12(5-11(10)2)9-20-16-8-15(21-17(19)22-16)13-6-14(18)7-13;;/h3-5,8,13-14H,6-7,9,18H2,1-2H3,(H3,19,20,21,22);2*1H. The number of halogens is 2. The monoisotopic (exact) mass is 369 g/mol. The third-order valence-corrected chi connectivity index (χ3v) is 4.40. The van der Waals surface area contributed by atoms with E-state index in [4.69, 9.17) is 11.5 Å². The Kier molecular flexibility index (Phi) is 7.27. The van der Waals surface area contributed by atoms with Gasteiger partial charge in [0.15, 0.2) is 0 Å². The summed E-state index contributed by atoms with van der Waals surface area (Å²) in [5.41, 5.74) is 16.5. The number of hydrogen-bond acceptors (Lipinski definition) is 5. The highest BCUT2D eigenvalue weighted by Gasteiger charge is 2.29. The molecule has 1 aromatic carbocycles. The lowest BCUT2D eigenvalue weighted by molar-refractivity contribution is 0.345. The zero-order chi connectivity index (χ0) is 15.7. The lowest BCUT2D eigenvalue weighted by atomic mass is 9.78. The van der Waals surface area contributed by atoms with Gasteiger partial charge in [0.05, 0.1) is 5.69 Å². The highest BCUT2D eigenvalue weighted by molar-refractivity contribution is 5.85. The van der Waals surface area contributed by atoms with Gasteiger partial charge < -0.3 is 16.8 Å². The minimum Gasteiger partial charge on any atom is -0.368 e. The Balaban J connectivity index is 0.00000144. The van der Waals surface area contributed by atoms with Crippen molar-refractivity contribution in [3.8, 4) is 0 Å². The molecule has 5 N–H and O–H groups in total. The second-order valence-electron chi connectivity index (χ2n) is 6.24. The zero-order valence-corrected chi connectivity index (χ0v) is 15.6. The van der Waals surface area contributed by atoms with Crippen LogP contribution in [0.25, 0.3) is 0 Å². The van der Waals surface area contributed by atoms with Crippen molar-refractivity contribution in [1.82, 2.24) is 9.97 Å². The van der Waals surface area contributed by atoms with Gasteiger partial charge in [-0.05, 0) is 43.4 Å². The summed E-state index contributed by atoms with van der Waals surface area (Å²) in [5, 5.41) is 3.34. The Morgan fingerprint density at radius 3 is 2.42 bits per heavy atom. The van der Waals surface area contributed by atoms with E-state index in [0.29, 0.717) is 17.9 Å². The Hall–Kier alpha value is -1.56. The maximum Gasteiger partial charge on any atom is 0.222 e. The van der Waals surface area contributed by atoms with Crippen molar-refractivity contribution in [3.05, 3.63) is 46.6 Å². The molecular weight excluding hydrogens is 345 g/mol. The van der Waals surface area contributed by atoms with Crippen LogP contribution < -0.4 is 16.8 Å². The van der Waals surface area contributed by atoms with E-state index in [1.54, 1.807) is 0 Å². The number of hydrogen-bond donors (Lipinski definition) is 3. The Morgan fingerprint density at radius 1 is 1.08 bits per heavy atom. The molecule has 1 aromatic heterocycles. The first-order valence-electron chi connectivity index (χ1n) is 7.71. The number of nitrogens with zero attached hydrogens (tertiary/aromatic N) is 2. The van der Waals surface area contributed by atoms with Gasteiger partial charge >= 0.3 is 0 Å². The molecule has 1 saturated carbocycles. The first kappa shape index (κ1) is 20.5. The van der Waals surface area contributed by atoms with Crippen LogP contribution in [-0.2, 0) is 6.54 Å². The number of nitrogen functional groups attached to an aromatic ring is 1. The summed E-state index contributed by atoms with van der Waals surface area (Å²) in [7, 11) is 0. The molecule has 0 amide bonds. The molecule has 132 valence electrons. The smallest absolute Gasteiger partial charge is 0.222 e. The van der Waals surface area contributed by atoms with Crippen molar-refractivity contribution < 1.29 is 0 Å². The van der Waals surface area contributed by atoms with E-state index in [-0.39, 0.29) is 24.8 Å². The second kappa shape index (κ2) is 8.51. The van der Waals surface area contributed by atoms with E-state index in [1.165, 1.54) is 16.7 Å².